The molecule has 0 amide bonds. The van der Waals surface area contributed by atoms with Crippen LogP contribution in [0, 0.1) is 6.92 Å². The number of hydrogen-bond acceptors (Lipinski definition) is 2. The van der Waals surface area contributed by atoms with Crippen LogP contribution in [0.2, 0.25) is 0 Å². The fourth-order valence-electron chi connectivity index (χ4n) is 1.20. The normalized spacial score (nSPS) is 13.7. The van der Waals surface area contributed by atoms with Crippen LogP contribution in [0.4, 0.5) is 13.2 Å². The number of ether oxygens (including phenoxy) is 1. The van der Waals surface area contributed by atoms with Gasteiger partial charge in [0.15, 0.2) is 6.10 Å². The Hall–Kier alpha value is -1.23. The highest BCUT2D eigenvalue weighted by Gasteiger charge is 2.39. The SMILES string of the molecule is COc1cc([C@@H](O)C(F)(F)F)ccc1C. The first-order valence-corrected chi connectivity index (χ1v) is 4.25. The lowest BCUT2D eigenvalue weighted by Crippen LogP contribution is -2.20. The van der Waals surface area contributed by atoms with Crippen molar-refractivity contribution in [3.63, 3.8) is 0 Å². The van der Waals surface area contributed by atoms with E-state index in [4.69, 9.17) is 9.84 Å². The van der Waals surface area contributed by atoms with Crippen molar-refractivity contribution in [1.29, 1.82) is 0 Å². The molecular formula is C10H11F3O2. The van der Waals surface area contributed by atoms with Gasteiger partial charge in [-0.3, -0.25) is 0 Å². The highest BCUT2D eigenvalue weighted by molar-refractivity contribution is 5.37. The summed E-state index contributed by atoms with van der Waals surface area (Å²) in [5, 5.41) is 8.99. The maximum absolute atomic E-state index is 12.2. The largest absolute Gasteiger partial charge is 0.496 e. The summed E-state index contributed by atoms with van der Waals surface area (Å²) in [5.41, 5.74) is 0.501. The van der Waals surface area contributed by atoms with Gasteiger partial charge in [-0.1, -0.05) is 12.1 Å². The zero-order valence-corrected chi connectivity index (χ0v) is 8.30. The molecule has 0 unspecified atom stereocenters. The fourth-order valence-corrected chi connectivity index (χ4v) is 1.20. The Morgan fingerprint density at radius 3 is 2.40 bits per heavy atom. The number of aryl methyl sites for hydroxylation is 1. The van der Waals surface area contributed by atoms with Gasteiger partial charge in [0.2, 0.25) is 0 Å². The molecule has 0 aliphatic carbocycles. The van der Waals surface area contributed by atoms with Crippen LogP contribution in [-0.2, 0) is 0 Å². The second-order valence-corrected chi connectivity index (χ2v) is 3.17. The highest BCUT2D eigenvalue weighted by Crippen LogP contribution is 2.34. The van der Waals surface area contributed by atoms with E-state index in [0.717, 1.165) is 5.56 Å². The Kier molecular flexibility index (Phi) is 3.24. The van der Waals surface area contributed by atoms with Crippen LogP contribution in [0.1, 0.15) is 17.2 Å². The molecule has 0 fully saturated rings. The van der Waals surface area contributed by atoms with Crippen LogP contribution in [0.15, 0.2) is 18.2 Å². The molecule has 0 aliphatic rings. The first-order chi connectivity index (χ1) is 6.86. The van der Waals surface area contributed by atoms with E-state index in [1.807, 2.05) is 0 Å². The summed E-state index contributed by atoms with van der Waals surface area (Å²) in [4.78, 5) is 0. The van der Waals surface area contributed by atoms with Gasteiger partial charge >= 0.3 is 6.18 Å². The quantitative estimate of drug-likeness (QED) is 0.830. The molecule has 1 N–H and O–H groups in total. The molecule has 0 saturated carbocycles. The number of benzene rings is 1. The smallest absolute Gasteiger partial charge is 0.418 e. The van der Waals surface area contributed by atoms with Crippen molar-refractivity contribution in [3.05, 3.63) is 29.3 Å². The molecule has 1 atom stereocenters. The first kappa shape index (κ1) is 11.8. The minimum Gasteiger partial charge on any atom is -0.496 e. The van der Waals surface area contributed by atoms with E-state index in [1.54, 1.807) is 6.92 Å². The van der Waals surface area contributed by atoms with E-state index < -0.39 is 12.3 Å². The molecule has 1 rings (SSSR count). The number of methoxy groups -OCH3 is 1. The molecule has 0 saturated heterocycles. The fraction of sp³-hybridized carbons (Fsp3) is 0.400. The maximum atomic E-state index is 12.2. The van der Waals surface area contributed by atoms with Crippen molar-refractivity contribution in [3.8, 4) is 5.75 Å². The third kappa shape index (κ3) is 2.62. The molecule has 0 aliphatic heterocycles. The van der Waals surface area contributed by atoms with E-state index in [1.165, 1.54) is 25.3 Å². The molecule has 0 spiro atoms. The van der Waals surface area contributed by atoms with Crippen LogP contribution >= 0.6 is 0 Å². The Balaban J connectivity index is 3.06. The number of halogens is 3. The number of aliphatic hydroxyl groups is 1. The number of rotatable bonds is 2. The van der Waals surface area contributed by atoms with Gasteiger partial charge in [0, 0.05) is 0 Å². The van der Waals surface area contributed by atoms with Gasteiger partial charge in [0.05, 0.1) is 7.11 Å². The van der Waals surface area contributed by atoms with Gasteiger partial charge in [-0.25, -0.2) is 0 Å². The monoisotopic (exact) mass is 220 g/mol. The summed E-state index contributed by atoms with van der Waals surface area (Å²) in [6.07, 6.45) is -7.12. The Labute approximate surface area is 85.3 Å². The minimum absolute atomic E-state index is 0.218. The third-order valence-corrected chi connectivity index (χ3v) is 2.06. The van der Waals surface area contributed by atoms with Crippen LogP contribution in [0.25, 0.3) is 0 Å². The first-order valence-electron chi connectivity index (χ1n) is 4.25. The summed E-state index contributed by atoms with van der Waals surface area (Å²) < 4.78 is 41.4. The molecular weight excluding hydrogens is 209 g/mol. The highest BCUT2D eigenvalue weighted by atomic mass is 19.4. The van der Waals surface area contributed by atoms with Crippen molar-refractivity contribution < 1.29 is 23.0 Å². The molecule has 0 bridgehead atoms. The predicted molar refractivity (Wildman–Crippen MR) is 48.7 cm³/mol. The van der Waals surface area contributed by atoms with E-state index in [2.05, 4.69) is 0 Å². The molecule has 15 heavy (non-hydrogen) atoms. The molecule has 1 aromatic rings. The average Bonchev–Trinajstić information content (AvgIpc) is 2.16. The maximum Gasteiger partial charge on any atom is 0.418 e. The molecule has 2 nitrogen and oxygen atoms in total. The number of aliphatic hydroxyl groups excluding tert-OH is 1. The molecule has 1 aromatic carbocycles. The topological polar surface area (TPSA) is 29.5 Å². The minimum atomic E-state index is -4.65. The van der Waals surface area contributed by atoms with Crippen LogP contribution in [-0.4, -0.2) is 18.4 Å². The van der Waals surface area contributed by atoms with Crippen LogP contribution < -0.4 is 4.74 Å². The molecule has 5 heteroatoms. The zero-order valence-electron chi connectivity index (χ0n) is 8.30. The lowest BCUT2D eigenvalue weighted by Gasteiger charge is -2.16. The van der Waals surface area contributed by atoms with Gasteiger partial charge < -0.3 is 9.84 Å². The van der Waals surface area contributed by atoms with Gasteiger partial charge in [-0.05, 0) is 24.1 Å². The number of hydrogen-bond donors (Lipinski definition) is 1. The lowest BCUT2D eigenvalue weighted by molar-refractivity contribution is -0.206. The Morgan fingerprint density at radius 2 is 1.93 bits per heavy atom. The summed E-state index contributed by atoms with van der Waals surface area (Å²) in [6.45, 7) is 1.71. The third-order valence-electron chi connectivity index (χ3n) is 2.06. The van der Waals surface area contributed by atoms with Gasteiger partial charge in [0.1, 0.15) is 5.75 Å². The standard InChI is InChI=1S/C10H11F3O2/c1-6-3-4-7(5-8(6)15-2)9(14)10(11,12)13/h3-5,9,14H,1-2H3/t9-/m1/s1. The second kappa shape index (κ2) is 4.10. The summed E-state index contributed by atoms with van der Waals surface area (Å²) in [7, 11) is 1.37. The number of alkyl halides is 3. The average molecular weight is 220 g/mol. The van der Waals surface area contributed by atoms with Crippen molar-refractivity contribution in [2.24, 2.45) is 0 Å². The van der Waals surface area contributed by atoms with Gasteiger partial charge in [0.25, 0.3) is 0 Å². The second-order valence-electron chi connectivity index (χ2n) is 3.17. The van der Waals surface area contributed by atoms with E-state index in [0.29, 0.717) is 5.75 Å². The summed E-state index contributed by atoms with van der Waals surface area (Å²) >= 11 is 0. The van der Waals surface area contributed by atoms with Crippen LogP contribution in [0.3, 0.4) is 0 Å². The predicted octanol–water partition coefficient (Wildman–Crippen LogP) is 2.60. The van der Waals surface area contributed by atoms with E-state index >= 15 is 0 Å². The molecule has 84 valence electrons. The van der Waals surface area contributed by atoms with E-state index in [9.17, 15) is 13.2 Å². The van der Waals surface area contributed by atoms with Crippen LogP contribution in [0.5, 0.6) is 5.75 Å². The molecule has 0 aromatic heterocycles. The zero-order chi connectivity index (χ0) is 11.6. The van der Waals surface area contributed by atoms with Crippen molar-refractivity contribution in [2.45, 2.75) is 19.2 Å². The van der Waals surface area contributed by atoms with Crippen molar-refractivity contribution in [2.75, 3.05) is 7.11 Å². The molecule has 0 heterocycles. The summed E-state index contributed by atoms with van der Waals surface area (Å²) in [5.74, 6) is 0.329. The van der Waals surface area contributed by atoms with Gasteiger partial charge in [-0.15, -0.1) is 0 Å². The Morgan fingerprint density at radius 1 is 1.33 bits per heavy atom. The van der Waals surface area contributed by atoms with Crippen molar-refractivity contribution >= 4 is 0 Å². The lowest BCUT2D eigenvalue weighted by atomic mass is 10.1. The summed E-state index contributed by atoms with van der Waals surface area (Å²) in [6, 6.07) is 3.90. The van der Waals surface area contributed by atoms with Gasteiger partial charge in [-0.2, -0.15) is 13.2 Å². The van der Waals surface area contributed by atoms with E-state index in [-0.39, 0.29) is 5.56 Å². The Bertz CT molecular complexity index is 347. The molecule has 0 radical (unpaired) electrons. The van der Waals surface area contributed by atoms with Crippen molar-refractivity contribution in [1.82, 2.24) is 0 Å².